The number of nitrogens with zero attached hydrogens (tertiary/aromatic N) is 1. The molecule has 0 aliphatic carbocycles. The van der Waals surface area contributed by atoms with Crippen LogP contribution < -0.4 is 0 Å². The zero-order valence-corrected chi connectivity index (χ0v) is 11.9. The summed E-state index contributed by atoms with van der Waals surface area (Å²) in [6.07, 6.45) is 0.724. The highest BCUT2D eigenvalue weighted by Crippen LogP contribution is 2.27. The molecule has 106 valence electrons. The predicted octanol–water partition coefficient (Wildman–Crippen LogP) is 2.81. The van der Waals surface area contributed by atoms with Gasteiger partial charge in [-0.3, -0.25) is 0 Å². The molecule has 1 aromatic rings. The molecule has 1 fully saturated rings. The number of hydrogen-bond acceptors (Lipinski definition) is 4. The Labute approximate surface area is 114 Å². The molecule has 1 aliphatic rings. The van der Waals surface area contributed by atoms with E-state index in [1.807, 2.05) is 51.1 Å². The van der Waals surface area contributed by atoms with Crippen LogP contribution in [0.3, 0.4) is 0 Å². The standard InChI is InChI=1S/C15H23NO3/c1-4-13(14-11-18-15(2,3)19-14)16(17)10-12-8-6-5-7-9-12/h5-9,13-14,17H,4,10-11H2,1-3H3/t13-,14-/m1/s1. The van der Waals surface area contributed by atoms with Crippen LogP contribution in [0.15, 0.2) is 30.3 Å². The summed E-state index contributed by atoms with van der Waals surface area (Å²) in [5.74, 6) is -0.550. The van der Waals surface area contributed by atoms with Crippen LogP contribution in [0.25, 0.3) is 0 Å². The molecule has 4 heteroatoms. The number of ether oxygens (including phenoxy) is 2. The van der Waals surface area contributed by atoms with Gasteiger partial charge in [0.25, 0.3) is 0 Å². The minimum Gasteiger partial charge on any atom is -0.348 e. The molecule has 1 saturated heterocycles. The van der Waals surface area contributed by atoms with Gasteiger partial charge in [-0.05, 0) is 25.8 Å². The number of hydroxylamine groups is 2. The fraction of sp³-hybridized carbons (Fsp3) is 0.600. The van der Waals surface area contributed by atoms with E-state index in [2.05, 4.69) is 0 Å². The third-order valence-electron chi connectivity index (χ3n) is 3.45. The van der Waals surface area contributed by atoms with Crippen molar-refractivity contribution in [1.29, 1.82) is 0 Å². The molecule has 0 spiro atoms. The van der Waals surface area contributed by atoms with Gasteiger partial charge in [-0.15, -0.1) is 0 Å². The molecule has 1 aromatic carbocycles. The molecule has 4 nitrogen and oxygen atoms in total. The lowest BCUT2D eigenvalue weighted by molar-refractivity contribution is -0.189. The number of benzene rings is 1. The first kappa shape index (κ1) is 14.5. The molecular formula is C15H23NO3. The highest BCUT2D eigenvalue weighted by Gasteiger charge is 2.38. The Hall–Kier alpha value is -0.940. The average Bonchev–Trinajstić information content (AvgIpc) is 2.72. The monoisotopic (exact) mass is 265 g/mol. The second-order valence-electron chi connectivity index (χ2n) is 5.43. The first-order chi connectivity index (χ1) is 9.02. The van der Waals surface area contributed by atoms with Gasteiger partial charge in [0.05, 0.1) is 12.6 Å². The highest BCUT2D eigenvalue weighted by molar-refractivity contribution is 5.14. The minimum atomic E-state index is -0.550. The first-order valence-electron chi connectivity index (χ1n) is 6.83. The molecule has 2 rings (SSSR count). The Morgan fingerprint density at radius 1 is 1.37 bits per heavy atom. The number of rotatable bonds is 5. The minimum absolute atomic E-state index is 0.0537. The van der Waals surface area contributed by atoms with Crippen LogP contribution >= 0.6 is 0 Å². The zero-order valence-electron chi connectivity index (χ0n) is 11.9. The summed E-state index contributed by atoms with van der Waals surface area (Å²) >= 11 is 0. The van der Waals surface area contributed by atoms with Crippen molar-refractivity contribution in [3.05, 3.63) is 35.9 Å². The van der Waals surface area contributed by atoms with Gasteiger partial charge in [-0.1, -0.05) is 37.3 Å². The summed E-state index contributed by atoms with van der Waals surface area (Å²) in [4.78, 5) is 0. The maximum Gasteiger partial charge on any atom is 0.163 e. The quantitative estimate of drug-likeness (QED) is 0.831. The topological polar surface area (TPSA) is 41.9 Å². The highest BCUT2D eigenvalue weighted by atomic mass is 16.7. The van der Waals surface area contributed by atoms with Crippen molar-refractivity contribution in [2.75, 3.05) is 6.61 Å². The molecule has 0 saturated carbocycles. The van der Waals surface area contributed by atoms with E-state index in [0.29, 0.717) is 13.2 Å². The molecule has 1 aliphatic heterocycles. The summed E-state index contributed by atoms with van der Waals surface area (Å²) in [6.45, 7) is 6.88. The van der Waals surface area contributed by atoms with Gasteiger partial charge < -0.3 is 14.7 Å². The van der Waals surface area contributed by atoms with E-state index in [9.17, 15) is 5.21 Å². The van der Waals surface area contributed by atoms with Crippen LogP contribution in [0.1, 0.15) is 32.8 Å². The first-order valence-corrected chi connectivity index (χ1v) is 6.83. The van der Waals surface area contributed by atoms with Crippen LogP contribution in [-0.2, 0) is 16.0 Å². The lowest BCUT2D eigenvalue weighted by Crippen LogP contribution is -2.42. The summed E-state index contributed by atoms with van der Waals surface area (Å²) in [5, 5.41) is 11.7. The van der Waals surface area contributed by atoms with Crippen LogP contribution in [0.4, 0.5) is 0 Å². The molecule has 0 aromatic heterocycles. The van der Waals surface area contributed by atoms with E-state index in [1.54, 1.807) is 0 Å². The average molecular weight is 265 g/mol. The molecule has 19 heavy (non-hydrogen) atoms. The van der Waals surface area contributed by atoms with Crippen molar-refractivity contribution in [2.45, 2.75) is 51.7 Å². The zero-order chi connectivity index (χ0) is 13.9. The van der Waals surface area contributed by atoms with E-state index in [0.717, 1.165) is 12.0 Å². The molecule has 0 radical (unpaired) electrons. The fourth-order valence-electron chi connectivity index (χ4n) is 2.46. The van der Waals surface area contributed by atoms with Crippen molar-refractivity contribution in [1.82, 2.24) is 5.06 Å². The third-order valence-corrected chi connectivity index (χ3v) is 3.45. The Balaban J connectivity index is 1.98. The summed E-state index contributed by atoms with van der Waals surface area (Å²) in [6, 6.07) is 9.88. The molecule has 2 atom stereocenters. The molecular weight excluding hydrogens is 242 g/mol. The second-order valence-corrected chi connectivity index (χ2v) is 5.43. The van der Waals surface area contributed by atoms with E-state index < -0.39 is 5.79 Å². The maximum atomic E-state index is 10.3. The Morgan fingerprint density at radius 3 is 2.58 bits per heavy atom. The lowest BCUT2D eigenvalue weighted by Gasteiger charge is -2.29. The van der Waals surface area contributed by atoms with Crippen molar-refractivity contribution in [3.8, 4) is 0 Å². The number of hydrogen-bond donors (Lipinski definition) is 1. The lowest BCUT2D eigenvalue weighted by atomic mass is 10.1. The van der Waals surface area contributed by atoms with Crippen molar-refractivity contribution < 1.29 is 14.7 Å². The van der Waals surface area contributed by atoms with E-state index >= 15 is 0 Å². The van der Waals surface area contributed by atoms with Gasteiger partial charge in [0.2, 0.25) is 0 Å². The van der Waals surface area contributed by atoms with Gasteiger partial charge in [-0.25, -0.2) is 0 Å². The summed E-state index contributed by atoms with van der Waals surface area (Å²) in [7, 11) is 0. The molecule has 1 heterocycles. The van der Waals surface area contributed by atoms with E-state index in [1.165, 1.54) is 5.06 Å². The van der Waals surface area contributed by atoms with Gasteiger partial charge in [0, 0.05) is 6.54 Å². The summed E-state index contributed by atoms with van der Waals surface area (Å²) in [5.41, 5.74) is 1.08. The molecule has 0 bridgehead atoms. The van der Waals surface area contributed by atoms with Crippen LogP contribution in [0.5, 0.6) is 0 Å². The normalized spacial score (nSPS) is 23.7. The van der Waals surface area contributed by atoms with E-state index in [4.69, 9.17) is 9.47 Å². The van der Waals surface area contributed by atoms with Crippen molar-refractivity contribution >= 4 is 0 Å². The molecule has 0 unspecified atom stereocenters. The largest absolute Gasteiger partial charge is 0.348 e. The Morgan fingerprint density at radius 2 is 2.05 bits per heavy atom. The predicted molar refractivity (Wildman–Crippen MR) is 72.8 cm³/mol. The second kappa shape index (κ2) is 6.01. The van der Waals surface area contributed by atoms with Gasteiger partial charge >= 0.3 is 0 Å². The summed E-state index contributed by atoms with van der Waals surface area (Å²) < 4.78 is 11.4. The maximum absolute atomic E-state index is 10.3. The Bertz CT molecular complexity index is 394. The molecule has 1 N–H and O–H groups in total. The van der Waals surface area contributed by atoms with Crippen LogP contribution in [0, 0.1) is 0 Å². The fourth-order valence-corrected chi connectivity index (χ4v) is 2.46. The third kappa shape index (κ3) is 3.76. The SMILES string of the molecule is CC[C@H]([C@H]1COC(C)(C)O1)N(O)Cc1ccccc1. The van der Waals surface area contributed by atoms with Gasteiger partial charge in [0.1, 0.15) is 6.10 Å². The van der Waals surface area contributed by atoms with Crippen molar-refractivity contribution in [3.63, 3.8) is 0 Å². The smallest absolute Gasteiger partial charge is 0.163 e. The van der Waals surface area contributed by atoms with Crippen molar-refractivity contribution in [2.24, 2.45) is 0 Å². The van der Waals surface area contributed by atoms with E-state index in [-0.39, 0.29) is 12.1 Å². The van der Waals surface area contributed by atoms with Gasteiger partial charge in [0.15, 0.2) is 5.79 Å². The van der Waals surface area contributed by atoms with Crippen LogP contribution in [0.2, 0.25) is 0 Å². The van der Waals surface area contributed by atoms with Crippen LogP contribution in [-0.4, -0.2) is 34.8 Å². The Kier molecular flexibility index (Phi) is 4.58. The van der Waals surface area contributed by atoms with Gasteiger partial charge in [-0.2, -0.15) is 5.06 Å². The molecule has 0 amide bonds.